The fourth-order valence-corrected chi connectivity index (χ4v) is 3.07. The number of aromatic amines is 1. The number of aromatic nitrogens is 1. The standard InChI is InChI=1S/C18H15FN2O2S/c19-15-8-4-7-14-16(22)9-13(21-18(14)15)10-24-11-17(23)20-12-5-2-1-3-6-12/h1-9H,10-11H2,(H,20,23)(H,21,22). The lowest BCUT2D eigenvalue weighted by Gasteiger charge is -2.06. The summed E-state index contributed by atoms with van der Waals surface area (Å²) >= 11 is 1.35. The molecule has 0 aliphatic rings. The van der Waals surface area contributed by atoms with Gasteiger partial charge in [-0.2, -0.15) is 0 Å². The van der Waals surface area contributed by atoms with Crippen molar-refractivity contribution in [2.24, 2.45) is 0 Å². The van der Waals surface area contributed by atoms with Crippen molar-refractivity contribution < 1.29 is 9.18 Å². The third-order valence-corrected chi connectivity index (χ3v) is 4.40. The van der Waals surface area contributed by atoms with Gasteiger partial charge < -0.3 is 10.3 Å². The molecule has 0 fully saturated rings. The van der Waals surface area contributed by atoms with E-state index in [2.05, 4.69) is 10.3 Å². The van der Waals surface area contributed by atoms with Crippen LogP contribution in [0.5, 0.6) is 0 Å². The Bertz CT molecular complexity index is 925. The molecule has 1 aromatic heterocycles. The van der Waals surface area contributed by atoms with Crippen LogP contribution in [0.25, 0.3) is 10.9 Å². The molecule has 0 atom stereocenters. The molecule has 2 N–H and O–H groups in total. The van der Waals surface area contributed by atoms with Gasteiger partial charge in [0.1, 0.15) is 5.82 Å². The molecule has 3 rings (SSSR count). The minimum atomic E-state index is -0.460. The first-order valence-corrected chi connectivity index (χ1v) is 8.52. The van der Waals surface area contributed by atoms with E-state index in [1.807, 2.05) is 30.3 Å². The minimum absolute atomic E-state index is 0.125. The molecule has 4 nitrogen and oxygen atoms in total. The zero-order chi connectivity index (χ0) is 16.9. The van der Waals surface area contributed by atoms with E-state index in [4.69, 9.17) is 0 Å². The number of hydrogen-bond donors (Lipinski definition) is 2. The summed E-state index contributed by atoms with van der Waals surface area (Å²) in [5, 5.41) is 3.11. The van der Waals surface area contributed by atoms with E-state index in [0.717, 1.165) is 5.69 Å². The number of para-hydroxylation sites is 2. The lowest BCUT2D eigenvalue weighted by atomic mass is 10.2. The summed E-state index contributed by atoms with van der Waals surface area (Å²) in [5.41, 5.74) is 1.31. The van der Waals surface area contributed by atoms with Gasteiger partial charge in [-0.05, 0) is 24.3 Å². The van der Waals surface area contributed by atoms with Crippen molar-refractivity contribution in [3.63, 3.8) is 0 Å². The molecule has 1 heterocycles. The Balaban J connectivity index is 1.63. The third-order valence-electron chi connectivity index (χ3n) is 3.42. The molecular formula is C18H15FN2O2S. The molecule has 3 aromatic rings. The summed E-state index contributed by atoms with van der Waals surface area (Å²) in [6.45, 7) is 0. The lowest BCUT2D eigenvalue weighted by Crippen LogP contribution is -2.14. The highest BCUT2D eigenvalue weighted by Crippen LogP contribution is 2.16. The van der Waals surface area contributed by atoms with E-state index in [1.165, 1.54) is 30.0 Å². The largest absolute Gasteiger partial charge is 0.355 e. The Morgan fingerprint density at radius 2 is 1.92 bits per heavy atom. The normalized spacial score (nSPS) is 10.7. The highest BCUT2D eigenvalue weighted by atomic mass is 32.2. The third kappa shape index (κ3) is 3.83. The van der Waals surface area contributed by atoms with Crippen LogP contribution in [0.3, 0.4) is 0 Å². The molecule has 122 valence electrons. The first-order valence-electron chi connectivity index (χ1n) is 7.36. The molecule has 0 saturated heterocycles. The first kappa shape index (κ1) is 16.3. The molecule has 2 aromatic carbocycles. The van der Waals surface area contributed by atoms with E-state index in [0.29, 0.717) is 16.8 Å². The first-order chi connectivity index (χ1) is 11.6. The van der Waals surface area contributed by atoms with Crippen LogP contribution >= 0.6 is 11.8 Å². The number of rotatable bonds is 5. The van der Waals surface area contributed by atoms with Gasteiger partial charge in [0.05, 0.1) is 11.3 Å². The number of hydrogen-bond acceptors (Lipinski definition) is 3. The number of pyridine rings is 1. The number of thioether (sulfide) groups is 1. The van der Waals surface area contributed by atoms with Crippen LogP contribution in [-0.4, -0.2) is 16.6 Å². The fraction of sp³-hybridized carbons (Fsp3) is 0.111. The summed E-state index contributed by atoms with van der Waals surface area (Å²) < 4.78 is 13.8. The number of anilines is 1. The Kier molecular flexibility index (Phi) is 4.96. The van der Waals surface area contributed by atoms with E-state index < -0.39 is 5.82 Å². The Labute approximate surface area is 142 Å². The molecule has 0 bridgehead atoms. The van der Waals surface area contributed by atoms with E-state index in [1.54, 1.807) is 6.07 Å². The average molecular weight is 342 g/mol. The van der Waals surface area contributed by atoms with Crippen molar-refractivity contribution in [2.45, 2.75) is 5.75 Å². The highest BCUT2D eigenvalue weighted by Gasteiger charge is 2.07. The van der Waals surface area contributed by atoms with Crippen LogP contribution in [0.1, 0.15) is 5.69 Å². The molecular weight excluding hydrogens is 327 g/mol. The molecule has 0 aliphatic carbocycles. The Morgan fingerprint density at radius 1 is 1.12 bits per heavy atom. The number of nitrogens with one attached hydrogen (secondary N) is 2. The maximum atomic E-state index is 13.8. The molecule has 0 radical (unpaired) electrons. The van der Waals surface area contributed by atoms with Gasteiger partial charge in [-0.3, -0.25) is 9.59 Å². The van der Waals surface area contributed by atoms with Gasteiger partial charge in [0.25, 0.3) is 0 Å². The van der Waals surface area contributed by atoms with Gasteiger partial charge in [-0.1, -0.05) is 24.3 Å². The second kappa shape index (κ2) is 7.31. The monoisotopic (exact) mass is 342 g/mol. The molecule has 0 spiro atoms. The van der Waals surface area contributed by atoms with Crippen LogP contribution in [0, 0.1) is 5.82 Å². The molecule has 1 amide bonds. The average Bonchev–Trinajstić information content (AvgIpc) is 2.57. The minimum Gasteiger partial charge on any atom is -0.355 e. The van der Waals surface area contributed by atoms with Crippen LogP contribution in [0.15, 0.2) is 59.4 Å². The van der Waals surface area contributed by atoms with E-state index >= 15 is 0 Å². The van der Waals surface area contributed by atoms with Crippen molar-refractivity contribution in [1.29, 1.82) is 0 Å². The van der Waals surface area contributed by atoms with Crippen molar-refractivity contribution in [3.05, 3.63) is 76.3 Å². The molecule has 24 heavy (non-hydrogen) atoms. The second-order valence-electron chi connectivity index (χ2n) is 5.23. The van der Waals surface area contributed by atoms with Crippen molar-refractivity contribution in [1.82, 2.24) is 4.98 Å². The van der Waals surface area contributed by atoms with Crippen molar-refractivity contribution in [2.75, 3.05) is 11.1 Å². The van der Waals surface area contributed by atoms with E-state index in [9.17, 15) is 14.0 Å². The number of benzene rings is 2. The number of halogens is 1. The Morgan fingerprint density at radius 3 is 2.71 bits per heavy atom. The number of carbonyl (C=O) groups is 1. The molecule has 0 saturated carbocycles. The smallest absolute Gasteiger partial charge is 0.234 e. The zero-order valence-electron chi connectivity index (χ0n) is 12.7. The maximum absolute atomic E-state index is 13.8. The predicted molar refractivity (Wildman–Crippen MR) is 95.8 cm³/mol. The van der Waals surface area contributed by atoms with Crippen LogP contribution in [-0.2, 0) is 10.5 Å². The number of H-pyrrole nitrogens is 1. The summed E-state index contributed by atoms with van der Waals surface area (Å²) in [4.78, 5) is 26.8. The molecule has 0 unspecified atom stereocenters. The molecule has 6 heteroatoms. The van der Waals surface area contributed by atoms with Crippen molar-refractivity contribution in [3.8, 4) is 0 Å². The van der Waals surface area contributed by atoms with Crippen LogP contribution < -0.4 is 10.7 Å². The maximum Gasteiger partial charge on any atom is 0.234 e. The van der Waals surface area contributed by atoms with Gasteiger partial charge in [-0.25, -0.2) is 4.39 Å². The molecule has 0 aliphatic heterocycles. The van der Waals surface area contributed by atoms with Gasteiger partial charge in [-0.15, -0.1) is 11.8 Å². The number of carbonyl (C=O) groups excluding carboxylic acids is 1. The second-order valence-corrected chi connectivity index (χ2v) is 6.21. The highest BCUT2D eigenvalue weighted by molar-refractivity contribution is 7.99. The number of amides is 1. The van der Waals surface area contributed by atoms with Crippen LogP contribution in [0.2, 0.25) is 0 Å². The zero-order valence-corrected chi connectivity index (χ0v) is 13.5. The summed E-state index contributed by atoms with van der Waals surface area (Å²) in [7, 11) is 0. The summed E-state index contributed by atoms with van der Waals surface area (Å²) in [6.07, 6.45) is 0. The Hall–Kier alpha value is -2.60. The van der Waals surface area contributed by atoms with Gasteiger partial charge in [0.2, 0.25) is 5.91 Å². The summed E-state index contributed by atoms with van der Waals surface area (Å²) in [6, 6.07) is 15.0. The lowest BCUT2D eigenvalue weighted by molar-refractivity contribution is -0.113. The van der Waals surface area contributed by atoms with Crippen molar-refractivity contribution >= 4 is 34.3 Å². The van der Waals surface area contributed by atoms with E-state index in [-0.39, 0.29) is 22.6 Å². The quantitative estimate of drug-likeness (QED) is 0.745. The SMILES string of the molecule is O=C(CSCc1cc(=O)c2cccc(F)c2[nH]1)Nc1ccccc1. The van der Waals surface area contributed by atoms with Crippen LogP contribution in [0.4, 0.5) is 10.1 Å². The van der Waals surface area contributed by atoms with Gasteiger partial charge >= 0.3 is 0 Å². The number of fused-ring (bicyclic) bond motifs is 1. The predicted octanol–water partition coefficient (Wildman–Crippen LogP) is 3.54. The van der Waals surface area contributed by atoms with Gasteiger partial charge in [0.15, 0.2) is 5.43 Å². The summed E-state index contributed by atoms with van der Waals surface area (Å²) in [5.74, 6) is 0.0762. The topological polar surface area (TPSA) is 62.0 Å². The van der Waals surface area contributed by atoms with Gasteiger partial charge in [0, 0.05) is 28.6 Å². The fourth-order valence-electron chi connectivity index (χ4n) is 2.34.